The lowest BCUT2D eigenvalue weighted by Gasteiger charge is -2.36. The maximum atomic E-state index is 12.9. The molecule has 3 heterocycles. The molecule has 5 aromatic rings. The highest BCUT2D eigenvalue weighted by Gasteiger charge is 2.35. The minimum atomic E-state index is -0.563. The first-order valence-corrected chi connectivity index (χ1v) is 16.8. The number of nitrogens with zero attached hydrogens (tertiary/aromatic N) is 3. The molecule has 1 aromatic heterocycles. The second-order valence-electron chi connectivity index (χ2n) is 11.3. The van der Waals surface area contributed by atoms with Gasteiger partial charge in [0.1, 0.15) is 5.01 Å². The van der Waals surface area contributed by atoms with Gasteiger partial charge in [0.2, 0.25) is 0 Å². The van der Waals surface area contributed by atoms with Crippen LogP contribution in [0.1, 0.15) is 66.8 Å². The number of hydrogen-bond donors (Lipinski definition) is 1. The summed E-state index contributed by atoms with van der Waals surface area (Å²) in [5.74, 6) is 0.193. The predicted molar refractivity (Wildman–Crippen MR) is 176 cm³/mol. The second-order valence-corrected chi connectivity index (χ2v) is 13.8. The van der Waals surface area contributed by atoms with E-state index < -0.39 is 6.29 Å². The third-order valence-corrected chi connectivity index (χ3v) is 10.3. The van der Waals surface area contributed by atoms with Crippen LogP contribution in [0.3, 0.4) is 0 Å². The van der Waals surface area contributed by atoms with Gasteiger partial charge in [-0.25, -0.2) is 0 Å². The first-order chi connectivity index (χ1) is 22.4. The maximum absolute atomic E-state index is 12.9. The van der Waals surface area contributed by atoms with Gasteiger partial charge in [0.25, 0.3) is 11.8 Å². The van der Waals surface area contributed by atoms with Gasteiger partial charge in [0, 0.05) is 17.7 Å². The molecule has 3 atom stereocenters. The standard InChI is InChI=1S/C36H31N3O5S2/c1-22-37-38-36(46-22)45-21-29-18-32(26-11-9-23(20-40)10-12-26)44-35(43-29)27-15-13-25(14-16-27)28-6-4-5-24(17-28)19-39-33(41)30-7-2-3-8-31(30)34(39)42/h2-17,29,32,35,40H,18-21H2,1H3/t29-,32+,35+/m1/s1. The van der Waals surface area contributed by atoms with Crippen LogP contribution in [0.4, 0.5) is 0 Å². The summed E-state index contributed by atoms with van der Waals surface area (Å²) in [6.45, 7) is 2.15. The van der Waals surface area contributed by atoms with Crippen molar-refractivity contribution in [1.29, 1.82) is 0 Å². The van der Waals surface area contributed by atoms with E-state index in [4.69, 9.17) is 9.47 Å². The van der Waals surface area contributed by atoms with Gasteiger partial charge >= 0.3 is 0 Å². The van der Waals surface area contributed by atoms with Crippen LogP contribution in [-0.4, -0.2) is 43.9 Å². The number of benzene rings is 4. The van der Waals surface area contributed by atoms with E-state index in [-0.39, 0.29) is 37.2 Å². The zero-order chi connectivity index (χ0) is 31.6. The largest absolute Gasteiger partial charge is 0.392 e. The molecule has 7 rings (SSSR count). The van der Waals surface area contributed by atoms with E-state index in [0.717, 1.165) is 48.5 Å². The van der Waals surface area contributed by atoms with E-state index in [1.165, 1.54) is 4.90 Å². The zero-order valence-electron chi connectivity index (χ0n) is 25.0. The first kappa shape index (κ1) is 30.5. The number of carbonyl (C=O) groups is 2. The molecule has 0 aliphatic carbocycles. The number of hydrogen-bond acceptors (Lipinski definition) is 9. The number of imide groups is 1. The molecule has 0 unspecified atom stereocenters. The Morgan fingerprint density at radius 2 is 1.54 bits per heavy atom. The first-order valence-electron chi connectivity index (χ1n) is 15.0. The van der Waals surface area contributed by atoms with Crippen molar-refractivity contribution in [3.05, 3.63) is 135 Å². The number of fused-ring (bicyclic) bond motifs is 1. The molecule has 8 nitrogen and oxygen atoms in total. The summed E-state index contributed by atoms with van der Waals surface area (Å²) < 4.78 is 13.9. The van der Waals surface area contributed by atoms with Crippen LogP contribution in [0.2, 0.25) is 0 Å². The molecule has 0 radical (unpaired) electrons. The molecule has 232 valence electrons. The van der Waals surface area contributed by atoms with Crippen LogP contribution < -0.4 is 0 Å². The Morgan fingerprint density at radius 3 is 2.22 bits per heavy atom. The summed E-state index contributed by atoms with van der Waals surface area (Å²) in [5.41, 5.74) is 6.56. The van der Waals surface area contributed by atoms with E-state index in [1.54, 1.807) is 47.4 Å². The quantitative estimate of drug-likeness (QED) is 0.133. The number of aromatic nitrogens is 2. The summed E-state index contributed by atoms with van der Waals surface area (Å²) >= 11 is 3.22. The van der Waals surface area contributed by atoms with Crippen LogP contribution >= 0.6 is 23.1 Å². The van der Waals surface area contributed by atoms with E-state index in [9.17, 15) is 14.7 Å². The highest BCUT2D eigenvalue weighted by atomic mass is 32.2. The third kappa shape index (κ3) is 6.40. The van der Waals surface area contributed by atoms with Gasteiger partial charge in [-0.1, -0.05) is 102 Å². The van der Waals surface area contributed by atoms with Crippen LogP contribution in [0.15, 0.2) is 101 Å². The van der Waals surface area contributed by atoms with Gasteiger partial charge in [0.15, 0.2) is 10.6 Å². The summed E-state index contributed by atoms with van der Waals surface area (Å²) in [6.07, 6.45) is -0.120. The minimum Gasteiger partial charge on any atom is -0.392 e. The molecule has 46 heavy (non-hydrogen) atoms. The monoisotopic (exact) mass is 649 g/mol. The molecule has 2 amide bonds. The molecular formula is C36H31N3O5S2. The molecule has 0 saturated carbocycles. The van der Waals surface area contributed by atoms with Crippen molar-refractivity contribution in [2.45, 2.75) is 49.3 Å². The number of aliphatic hydroxyl groups is 1. The number of carbonyl (C=O) groups excluding carboxylic acids is 2. The SMILES string of the molecule is Cc1nnc(SC[C@H]2C[C@@H](c3ccc(CO)cc3)O[C@@H](c3ccc(-c4cccc(CN5C(=O)c6ccccc6C5=O)c4)cc3)O2)s1. The fraction of sp³-hybridized carbons (Fsp3) is 0.222. The van der Waals surface area contributed by atoms with Crippen molar-refractivity contribution in [2.24, 2.45) is 0 Å². The molecule has 2 aliphatic heterocycles. The number of amides is 2. The summed E-state index contributed by atoms with van der Waals surface area (Å²) in [6, 6.07) is 30.8. The number of thioether (sulfide) groups is 1. The van der Waals surface area contributed by atoms with E-state index in [2.05, 4.69) is 10.2 Å². The Bertz CT molecular complexity index is 1840. The lowest BCUT2D eigenvalue weighted by atomic mass is 9.99. The Balaban J connectivity index is 1.08. The topological polar surface area (TPSA) is 102 Å². The van der Waals surface area contributed by atoms with Gasteiger partial charge in [-0.2, -0.15) is 0 Å². The molecule has 4 aromatic carbocycles. The Hall–Kier alpha value is -4.19. The van der Waals surface area contributed by atoms with Crippen molar-refractivity contribution < 1.29 is 24.2 Å². The fourth-order valence-electron chi connectivity index (χ4n) is 5.77. The van der Waals surface area contributed by atoms with Gasteiger partial charge in [-0.15, -0.1) is 10.2 Å². The Labute approximate surface area is 275 Å². The lowest BCUT2D eigenvalue weighted by Crippen LogP contribution is -2.31. The van der Waals surface area contributed by atoms with Crippen LogP contribution in [0, 0.1) is 6.92 Å². The van der Waals surface area contributed by atoms with Crippen molar-refractivity contribution in [3.8, 4) is 11.1 Å². The second kappa shape index (κ2) is 13.3. The average Bonchev–Trinajstić information content (AvgIpc) is 3.63. The van der Waals surface area contributed by atoms with Crippen molar-refractivity contribution in [2.75, 3.05) is 5.75 Å². The molecule has 10 heteroatoms. The van der Waals surface area contributed by atoms with Gasteiger partial charge < -0.3 is 14.6 Å². The minimum absolute atomic E-state index is 0.00387. The fourth-order valence-corrected chi connectivity index (χ4v) is 7.63. The summed E-state index contributed by atoms with van der Waals surface area (Å²) in [5, 5.41) is 18.8. The van der Waals surface area contributed by atoms with Crippen LogP contribution in [0.25, 0.3) is 11.1 Å². The smallest absolute Gasteiger partial charge is 0.261 e. The molecule has 0 bridgehead atoms. The van der Waals surface area contributed by atoms with E-state index in [0.29, 0.717) is 17.5 Å². The average molecular weight is 650 g/mol. The molecule has 1 fully saturated rings. The summed E-state index contributed by atoms with van der Waals surface area (Å²) in [7, 11) is 0. The highest BCUT2D eigenvalue weighted by molar-refractivity contribution is 8.01. The molecule has 1 saturated heterocycles. The molecule has 2 aliphatic rings. The van der Waals surface area contributed by atoms with E-state index >= 15 is 0 Å². The Morgan fingerprint density at radius 1 is 0.826 bits per heavy atom. The zero-order valence-corrected chi connectivity index (χ0v) is 26.7. The summed E-state index contributed by atoms with van der Waals surface area (Å²) in [4.78, 5) is 27.1. The number of rotatable bonds is 9. The van der Waals surface area contributed by atoms with Crippen molar-refractivity contribution in [1.82, 2.24) is 15.1 Å². The number of aryl methyl sites for hydroxylation is 1. The van der Waals surface area contributed by atoms with Crippen LogP contribution in [-0.2, 0) is 22.6 Å². The van der Waals surface area contributed by atoms with Crippen molar-refractivity contribution in [3.63, 3.8) is 0 Å². The van der Waals surface area contributed by atoms with Crippen molar-refractivity contribution >= 4 is 34.9 Å². The van der Waals surface area contributed by atoms with E-state index in [1.807, 2.05) is 79.7 Å². The van der Waals surface area contributed by atoms with Gasteiger partial charge in [-0.3, -0.25) is 14.5 Å². The van der Waals surface area contributed by atoms with Crippen LogP contribution in [0.5, 0.6) is 0 Å². The highest BCUT2D eigenvalue weighted by Crippen LogP contribution is 2.40. The maximum Gasteiger partial charge on any atom is 0.261 e. The molecular weight excluding hydrogens is 619 g/mol. The number of aliphatic hydroxyl groups excluding tert-OH is 1. The third-order valence-electron chi connectivity index (χ3n) is 8.18. The lowest BCUT2D eigenvalue weighted by molar-refractivity contribution is -0.245. The Kier molecular flexibility index (Phi) is 8.79. The number of ether oxygens (including phenoxy) is 2. The predicted octanol–water partition coefficient (Wildman–Crippen LogP) is 7.14. The van der Waals surface area contributed by atoms with Gasteiger partial charge in [-0.05, 0) is 52.9 Å². The van der Waals surface area contributed by atoms with Gasteiger partial charge in [0.05, 0.1) is 36.5 Å². The molecule has 0 spiro atoms. The molecule has 1 N–H and O–H groups in total. The normalized spacial score (nSPS) is 19.4.